The molecule has 6 nitrogen and oxygen atoms in total. The van der Waals surface area contributed by atoms with Gasteiger partial charge in [0.25, 0.3) is 10.0 Å². The molecule has 1 rings (SSSR count). The van der Waals surface area contributed by atoms with Crippen LogP contribution in [0.4, 0.5) is 0 Å². The van der Waals surface area contributed by atoms with E-state index >= 15 is 0 Å². The maximum Gasteiger partial charge on any atom is 0.356 e. The molecular formula is C10H16N2O4S2. The summed E-state index contributed by atoms with van der Waals surface area (Å²) in [5, 5.41) is 8.81. The van der Waals surface area contributed by atoms with Crippen molar-refractivity contribution >= 4 is 27.3 Å². The molecule has 2 N–H and O–H groups in total. The van der Waals surface area contributed by atoms with Gasteiger partial charge in [0.15, 0.2) is 9.90 Å². The number of aromatic nitrogens is 1. The van der Waals surface area contributed by atoms with Crippen molar-refractivity contribution in [3.63, 3.8) is 0 Å². The fourth-order valence-corrected chi connectivity index (χ4v) is 3.61. The van der Waals surface area contributed by atoms with E-state index in [1.165, 1.54) is 5.51 Å². The molecule has 1 heterocycles. The number of nitrogens with one attached hydrogen (secondary N) is 1. The van der Waals surface area contributed by atoms with Crippen molar-refractivity contribution in [1.29, 1.82) is 0 Å². The number of sulfonamides is 1. The smallest absolute Gasteiger partial charge is 0.356 e. The Balaban J connectivity index is 2.69. The van der Waals surface area contributed by atoms with Gasteiger partial charge in [-0.15, -0.1) is 11.3 Å². The highest BCUT2D eigenvalue weighted by atomic mass is 32.2. The van der Waals surface area contributed by atoms with Crippen LogP contribution in [-0.4, -0.2) is 31.0 Å². The molecule has 0 aliphatic rings. The molecule has 0 bridgehead atoms. The lowest BCUT2D eigenvalue weighted by Gasteiger charge is -2.06. The van der Waals surface area contributed by atoms with Gasteiger partial charge in [-0.2, -0.15) is 0 Å². The highest BCUT2D eigenvalue weighted by Gasteiger charge is 2.25. The van der Waals surface area contributed by atoms with E-state index in [9.17, 15) is 13.2 Å². The lowest BCUT2D eigenvalue weighted by Crippen LogP contribution is -2.25. The minimum absolute atomic E-state index is 0.237. The van der Waals surface area contributed by atoms with E-state index in [0.717, 1.165) is 24.2 Å². The largest absolute Gasteiger partial charge is 0.476 e. The van der Waals surface area contributed by atoms with Crippen LogP contribution in [-0.2, 0) is 10.0 Å². The number of rotatable bonds is 7. The first-order chi connectivity index (χ1) is 8.34. The Morgan fingerprint density at radius 1 is 1.56 bits per heavy atom. The zero-order valence-electron chi connectivity index (χ0n) is 10.2. The maximum absolute atomic E-state index is 11.9. The second-order valence-corrected chi connectivity index (χ2v) is 7.04. The van der Waals surface area contributed by atoms with Crippen molar-refractivity contribution in [3.05, 3.63) is 11.2 Å². The molecule has 8 heteroatoms. The molecule has 0 saturated carbocycles. The summed E-state index contributed by atoms with van der Waals surface area (Å²) in [6, 6.07) is 0. The average Bonchev–Trinajstić information content (AvgIpc) is 2.73. The summed E-state index contributed by atoms with van der Waals surface area (Å²) in [4.78, 5) is 14.3. The topological polar surface area (TPSA) is 96.4 Å². The zero-order chi connectivity index (χ0) is 13.8. The Morgan fingerprint density at radius 3 is 2.78 bits per heavy atom. The molecule has 1 aromatic heterocycles. The number of aromatic carboxylic acids is 1. The molecule has 0 unspecified atom stereocenters. The van der Waals surface area contributed by atoms with Crippen LogP contribution in [0.2, 0.25) is 0 Å². The van der Waals surface area contributed by atoms with E-state index < -0.39 is 21.7 Å². The molecule has 0 fully saturated rings. The Hall–Kier alpha value is -0.990. The van der Waals surface area contributed by atoms with Crippen LogP contribution in [0, 0.1) is 5.92 Å². The number of thiazole rings is 1. The second-order valence-electron chi connectivity index (χ2n) is 4.23. The standard InChI is InChI=1S/C10H16N2O4S2/c1-7(2)4-3-5-12-18(15,16)10-8(9(13)14)11-6-17-10/h6-7,12H,3-5H2,1-2H3,(H,13,14). The summed E-state index contributed by atoms with van der Waals surface area (Å²) < 4.78 is 25.9. The predicted molar refractivity (Wildman–Crippen MR) is 68.3 cm³/mol. The van der Waals surface area contributed by atoms with Gasteiger partial charge in [-0.3, -0.25) is 0 Å². The summed E-state index contributed by atoms with van der Waals surface area (Å²) in [7, 11) is -3.77. The molecule has 18 heavy (non-hydrogen) atoms. The fourth-order valence-electron chi connectivity index (χ4n) is 1.35. The molecule has 0 aliphatic carbocycles. The lowest BCUT2D eigenvalue weighted by atomic mass is 10.1. The van der Waals surface area contributed by atoms with Crippen LogP contribution in [0.25, 0.3) is 0 Å². The van der Waals surface area contributed by atoms with Gasteiger partial charge in [0.1, 0.15) is 0 Å². The van der Waals surface area contributed by atoms with Crippen molar-refractivity contribution in [2.24, 2.45) is 5.92 Å². The highest BCUT2D eigenvalue weighted by molar-refractivity contribution is 7.91. The number of hydrogen-bond donors (Lipinski definition) is 2. The minimum Gasteiger partial charge on any atom is -0.476 e. The quantitative estimate of drug-likeness (QED) is 0.743. The first kappa shape index (κ1) is 15.1. The van der Waals surface area contributed by atoms with Crippen LogP contribution >= 0.6 is 11.3 Å². The third-order valence-corrected chi connectivity index (χ3v) is 5.06. The SMILES string of the molecule is CC(C)CCCNS(=O)(=O)c1scnc1C(=O)O. The van der Waals surface area contributed by atoms with Gasteiger partial charge in [0.05, 0.1) is 5.51 Å². The van der Waals surface area contributed by atoms with Gasteiger partial charge >= 0.3 is 5.97 Å². The molecule has 0 spiro atoms. The van der Waals surface area contributed by atoms with Crippen molar-refractivity contribution in [2.75, 3.05) is 6.54 Å². The van der Waals surface area contributed by atoms with E-state index in [1.54, 1.807) is 0 Å². The van der Waals surface area contributed by atoms with E-state index in [2.05, 4.69) is 23.6 Å². The second kappa shape index (κ2) is 6.26. The Labute approximate surface area is 110 Å². The monoisotopic (exact) mass is 292 g/mol. The van der Waals surface area contributed by atoms with Gasteiger partial charge in [-0.25, -0.2) is 22.9 Å². The van der Waals surface area contributed by atoms with Crippen LogP contribution in [0.3, 0.4) is 0 Å². The van der Waals surface area contributed by atoms with Crippen LogP contribution in [0.15, 0.2) is 9.72 Å². The van der Waals surface area contributed by atoms with E-state index in [0.29, 0.717) is 12.5 Å². The van der Waals surface area contributed by atoms with Crippen molar-refractivity contribution in [1.82, 2.24) is 9.71 Å². The normalized spacial score (nSPS) is 11.9. The minimum atomic E-state index is -3.77. The molecular weight excluding hydrogens is 276 g/mol. The van der Waals surface area contributed by atoms with Gasteiger partial charge in [-0.1, -0.05) is 13.8 Å². The first-order valence-electron chi connectivity index (χ1n) is 5.51. The third kappa shape index (κ3) is 4.04. The first-order valence-corrected chi connectivity index (χ1v) is 7.87. The van der Waals surface area contributed by atoms with E-state index in [1.807, 2.05) is 0 Å². The van der Waals surface area contributed by atoms with Gasteiger partial charge in [0, 0.05) is 6.54 Å². The molecule has 0 atom stereocenters. The number of carbonyl (C=O) groups is 1. The van der Waals surface area contributed by atoms with Crippen LogP contribution in [0.5, 0.6) is 0 Å². The summed E-state index contributed by atoms with van der Waals surface area (Å²) in [5.74, 6) is -0.828. The molecule has 0 aliphatic heterocycles. The van der Waals surface area contributed by atoms with Gasteiger partial charge < -0.3 is 5.11 Å². The Kier molecular flexibility index (Phi) is 5.24. The fraction of sp³-hybridized carbons (Fsp3) is 0.600. The lowest BCUT2D eigenvalue weighted by molar-refractivity contribution is 0.0687. The van der Waals surface area contributed by atoms with Gasteiger partial charge in [0.2, 0.25) is 0 Å². The summed E-state index contributed by atoms with van der Waals surface area (Å²) in [5.41, 5.74) is 0.794. The summed E-state index contributed by atoms with van der Waals surface area (Å²) in [6.45, 7) is 4.41. The van der Waals surface area contributed by atoms with Crippen LogP contribution < -0.4 is 4.72 Å². The van der Waals surface area contributed by atoms with E-state index in [-0.39, 0.29) is 4.21 Å². The molecule has 0 aromatic carbocycles. The highest BCUT2D eigenvalue weighted by Crippen LogP contribution is 2.19. The molecule has 102 valence electrons. The molecule has 0 amide bonds. The number of nitrogens with zero attached hydrogens (tertiary/aromatic N) is 1. The molecule has 0 radical (unpaired) electrons. The van der Waals surface area contributed by atoms with Crippen molar-refractivity contribution in [3.8, 4) is 0 Å². The van der Waals surface area contributed by atoms with Gasteiger partial charge in [-0.05, 0) is 18.8 Å². The van der Waals surface area contributed by atoms with Crippen molar-refractivity contribution in [2.45, 2.75) is 30.9 Å². The summed E-state index contributed by atoms with van der Waals surface area (Å²) >= 11 is 0.807. The third-order valence-electron chi connectivity index (χ3n) is 2.23. The molecule has 1 aromatic rings. The Bertz CT molecular complexity index is 508. The predicted octanol–water partition coefficient (Wildman–Crippen LogP) is 1.56. The number of hydrogen-bond acceptors (Lipinski definition) is 5. The zero-order valence-corrected chi connectivity index (χ0v) is 11.8. The maximum atomic E-state index is 11.9. The average molecular weight is 292 g/mol. The van der Waals surface area contributed by atoms with Crippen molar-refractivity contribution < 1.29 is 18.3 Å². The number of carboxylic acid groups (broad SMARTS) is 1. The summed E-state index contributed by atoms with van der Waals surface area (Å²) in [6.07, 6.45) is 1.63. The number of carboxylic acids is 1. The Morgan fingerprint density at radius 2 is 2.22 bits per heavy atom. The van der Waals surface area contributed by atoms with Crippen LogP contribution in [0.1, 0.15) is 37.2 Å². The van der Waals surface area contributed by atoms with E-state index in [4.69, 9.17) is 5.11 Å². The molecule has 0 saturated heterocycles.